The molecule has 2 heterocycles. The molecule has 2 saturated heterocycles. The van der Waals surface area contributed by atoms with E-state index in [-0.39, 0.29) is 23.7 Å². The summed E-state index contributed by atoms with van der Waals surface area (Å²) in [6.45, 7) is 2.90. The van der Waals surface area contributed by atoms with Crippen LogP contribution in [0.4, 0.5) is 0 Å². The van der Waals surface area contributed by atoms with Gasteiger partial charge >= 0.3 is 0 Å². The topological polar surface area (TPSA) is 60.9 Å². The van der Waals surface area contributed by atoms with Gasteiger partial charge in [0.15, 0.2) is 0 Å². The second-order valence-electron chi connectivity index (χ2n) is 7.11. The molecule has 0 radical (unpaired) electrons. The molecule has 0 bridgehead atoms. The molecular formula is C17H28N2O3. The summed E-state index contributed by atoms with van der Waals surface area (Å²) in [4.78, 5) is 29.4. The summed E-state index contributed by atoms with van der Waals surface area (Å²) in [5, 5.41) is 9.81. The highest BCUT2D eigenvalue weighted by atomic mass is 16.3. The lowest BCUT2D eigenvalue weighted by molar-refractivity contribution is -0.149. The molecule has 3 atom stereocenters. The molecule has 3 aliphatic rings. The van der Waals surface area contributed by atoms with Crippen molar-refractivity contribution in [2.45, 2.75) is 57.5 Å². The van der Waals surface area contributed by atoms with Crippen molar-refractivity contribution in [3.63, 3.8) is 0 Å². The van der Waals surface area contributed by atoms with Crippen LogP contribution in [0.25, 0.3) is 0 Å². The van der Waals surface area contributed by atoms with Gasteiger partial charge in [0.05, 0.1) is 6.10 Å². The van der Waals surface area contributed by atoms with Crippen LogP contribution >= 0.6 is 0 Å². The number of aliphatic hydroxyl groups is 1. The zero-order valence-electron chi connectivity index (χ0n) is 13.4. The largest absolute Gasteiger partial charge is 0.391 e. The van der Waals surface area contributed by atoms with Crippen molar-refractivity contribution in [3.8, 4) is 0 Å². The number of β-amino-alcohol motifs (C(OH)–C–C–N with tert-alkyl or cyclic N) is 1. The highest BCUT2D eigenvalue weighted by molar-refractivity contribution is 5.88. The van der Waals surface area contributed by atoms with E-state index in [1.54, 1.807) is 4.90 Å². The zero-order chi connectivity index (χ0) is 15.5. The molecule has 0 aromatic heterocycles. The van der Waals surface area contributed by atoms with Crippen LogP contribution in [0.5, 0.6) is 0 Å². The van der Waals surface area contributed by atoms with Crippen molar-refractivity contribution >= 4 is 11.8 Å². The molecule has 1 aliphatic carbocycles. The van der Waals surface area contributed by atoms with E-state index >= 15 is 0 Å². The minimum Gasteiger partial charge on any atom is -0.391 e. The first-order valence-electron chi connectivity index (χ1n) is 8.92. The molecule has 3 fully saturated rings. The van der Waals surface area contributed by atoms with Crippen LogP contribution in [0.3, 0.4) is 0 Å². The second-order valence-corrected chi connectivity index (χ2v) is 7.11. The first-order chi connectivity index (χ1) is 10.7. The summed E-state index contributed by atoms with van der Waals surface area (Å²) in [5.74, 6) is 0.0228. The number of hydrogen-bond donors (Lipinski definition) is 1. The highest BCUT2D eigenvalue weighted by Crippen LogP contribution is 2.34. The van der Waals surface area contributed by atoms with Gasteiger partial charge in [-0.2, -0.15) is 0 Å². The summed E-state index contributed by atoms with van der Waals surface area (Å²) < 4.78 is 0. The van der Waals surface area contributed by atoms with Crippen LogP contribution < -0.4 is 0 Å². The van der Waals surface area contributed by atoms with Gasteiger partial charge in [-0.15, -0.1) is 0 Å². The van der Waals surface area contributed by atoms with Gasteiger partial charge in [0.1, 0.15) is 0 Å². The zero-order valence-corrected chi connectivity index (χ0v) is 13.4. The van der Waals surface area contributed by atoms with Crippen LogP contribution in [0, 0.1) is 11.8 Å². The molecule has 0 aromatic carbocycles. The van der Waals surface area contributed by atoms with E-state index in [9.17, 15) is 14.7 Å². The van der Waals surface area contributed by atoms with Crippen molar-refractivity contribution in [3.05, 3.63) is 0 Å². The fourth-order valence-corrected chi connectivity index (χ4v) is 4.28. The van der Waals surface area contributed by atoms with Gasteiger partial charge in [-0.1, -0.05) is 12.8 Å². The molecule has 124 valence electrons. The van der Waals surface area contributed by atoms with Crippen LogP contribution in [0.1, 0.15) is 51.4 Å². The molecule has 3 rings (SSSR count). The Morgan fingerprint density at radius 3 is 1.86 bits per heavy atom. The highest BCUT2D eigenvalue weighted by Gasteiger charge is 2.40. The first-order valence-corrected chi connectivity index (χ1v) is 8.92. The molecule has 3 unspecified atom stereocenters. The third kappa shape index (κ3) is 3.29. The number of carbonyl (C=O) groups is 2. The predicted octanol–water partition coefficient (Wildman–Crippen LogP) is 1.40. The van der Waals surface area contributed by atoms with Gasteiger partial charge in [-0.3, -0.25) is 9.59 Å². The minimum atomic E-state index is -0.394. The van der Waals surface area contributed by atoms with E-state index in [4.69, 9.17) is 0 Å². The SMILES string of the molecule is O=C(C1CCCCC1C(=O)N1CCCC(O)C1)N1CCCC1. The number of rotatable bonds is 2. The minimum absolute atomic E-state index is 0.107. The lowest BCUT2D eigenvalue weighted by Crippen LogP contribution is -2.49. The van der Waals surface area contributed by atoms with Gasteiger partial charge in [-0.05, 0) is 38.5 Å². The third-order valence-electron chi connectivity index (χ3n) is 5.53. The monoisotopic (exact) mass is 308 g/mol. The maximum Gasteiger partial charge on any atom is 0.226 e. The normalized spacial score (nSPS) is 33.0. The summed E-state index contributed by atoms with van der Waals surface area (Å²) in [6, 6.07) is 0. The molecular weight excluding hydrogens is 280 g/mol. The summed E-state index contributed by atoms with van der Waals surface area (Å²) in [7, 11) is 0. The maximum absolute atomic E-state index is 12.9. The third-order valence-corrected chi connectivity index (χ3v) is 5.53. The second kappa shape index (κ2) is 6.99. The Balaban J connectivity index is 1.68. The van der Waals surface area contributed by atoms with Crippen molar-refractivity contribution in [1.29, 1.82) is 0 Å². The van der Waals surface area contributed by atoms with Crippen molar-refractivity contribution in [1.82, 2.24) is 9.80 Å². The Bertz CT molecular complexity index is 420. The van der Waals surface area contributed by atoms with Gasteiger partial charge in [-0.25, -0.2) is 0 Å². The average molecular weight is 308 g/mol. The first kappa shape index (κ1) is 15.8. The number of piperidine rings is 1. The van der Waals surface area contributed by atoms with Gasteiger partial charge in [0, 0.05) is 38.0 Å². The number of aliphatic hydroxyl groups excluding tert-OH is 1. The van der Waals surface area contributed by atoms with Crippen LogP contribution in [0.2, 0.25) is 0 Å². The molecule has 0 spiro atoms. The Morgan fingerprint density at radius 1 is 0.727 bits per heavy atom. The maximum atomic E-state index is 12.9. The predicted molar refractivity (Wildman–Crippen MR) is 83.1 cm³/mol. The molecule has 5 nitrogen and oxygen atoms in total. The van der Waals surface area contributed by atoms with E-state index in [1.165, 1.54) is 0 Å². The van der Waals surface area contributed by atoms with E-state index in [1.807, 2.05) is 4.90 Å². The number of carbonyl (C=O) groups excluding carboxylic acids is 2. The van der Waals surface area contributed by atoms with E-state index in [0.29, 0.717) is 6.54 Å². The van der Waals surface area contributed by atoms with Crippen LogP contribution in [0.15, 0.2) is 0 Å². The van der Waals surface area contributed by atoms with Gasteiger partial charge < -0.3 is 14.9 Å². The average Bonchev–Trinajstić information content (AvgIpc) is 3.08. The van der Waals surface area contributed by atoms with E-state index in [0.717, 1.165) is 71.0 Å². The number of likely N-dealkylation sites (tertiary alicyclic amines) is 2. The molecule has 1 saturated carbocycles. The smallest absolute Gasteiger partial charge is 0.226 e. The number of amides is 2. The Kier molecular flexibility index (Phi) is 5.01. The molecule has 5 heteroatoms. The Hall–Kier alpha value is -1.10. The van der Waals surface area contributed by atoms with Crippen LogP contribution in [-0.4, -0.2) is 59.0 Å². The fourth-order valence-electron chi connectivity index (χ4n) is 4.28. The van der Waals surface area contributed by atoms with Crippen LogP contribution in [-0.2, 0) is 9.59 Å². The van der Waals surface area contributed by atoms with Gasteiger partial charge in [0.2, 0.25) is 11.8 Å². The Morgan fingerprint density at radius 2 is 1.27 bits per heavy atom. The number of hydrogen-bond acceptors (Lipinski definition) is 3. The lowest BCUT2D eigenvalue weighted by Gasteiger charge is -2.38. The quantitative estimate of drug-likeness (QED) is 0.839. The molecule has 0 aromatic rings. The van der Waals surface area contributed by atoms with Crippen molar-refractivity contribution in [2.75, 3.05) is 26.2 Å². The molecule has 2 amide bonds. The standard InChI is InChI=1S/C17H28N2O3/c20-13-6-5-11-19(12-13)17(22)15-8-2-1-7-14(15)16(21)18-9-3-4-10-18/h13-15,20H,1-12H2. The summed E-state index contributed by atoms with van der Waals surface area (Å²) >= 11 is 0. The molecule has 22 heavy (non-hydrogen) atoms. The summed E-state index contributed by atoms with van der Waals surface area (Å²) in [6.07, 6.45) is 7.21. The fraction of sp³-hybridized carbons (Fsp3) is 0.882. The van der Waals surface area contributed by atoms with Crippen molar-refractivity contribution < 1.29 is 14.7 Å². The summed E-state index contributed by atoms with van der Waals surface area (Å²) in [5.41, 5.74) is 0. The van der Waals surface area contributed by atoms with E-state index in [2.05, 4.69) is 0 Å². The lowest BCUT2D eigenvalue weighted by atomic mass is 9.77. The molecule has 1 N–H and O–H groups in total. The van der Waals surface area contributed by atoms with E-state index < -0.39 is 6.10 Å². The molecule has 2 aliphatic heterocycles. The van der Waals surface area contributed by atoms with Crippen molar-refractivity contribution in [2.24, 2.45) is 11.8 Å². The number of nitrogens with zero attached hydrogens (tertiary/aromatic N) is 2. The Labute approximate surface area is 132 Å². The van der Waals surface area contributed by atoms with Gasteiger partial charge in [0.25, 0.3) is 0 Å².